The highest BCUT2D eigenvalue weighted by Crippen LogP contribution is 2.32. The fourth-order valence-electron chi connectivity index (χ4n) is 3.38. The standard InChI is InChI=1S/C14H23N3/c1-2-6-13(7-3-1)17-14(8-10-16-17)12-5-4-9-15-11-12/h8,10,12-13,15H,1-7,9,11H2/t12-/m1/s1. The maximum atomic E-state index is 4.60. The number of nitrogens with zero attached hydrogens (tertiary/aromatic N) is 2. The minimum absolute atomic E-state index is 0.677. The van der Waals surface area contributed by atoms with Gasteiger partial charge in [-0.05, 0) is 38.3 Å². The van der Waals surface area contributed by atoms with Gasteiger partial charge in [-0.3, -0.25) is 4.68 Å². The van der Waals surface area contributed by atoms with Crippen molar-refractivity contribution in [3.8, 4) is 0 Å². The van der Waals surface area contributed by atoms with Crippen LogP contribution in [0.3, 0.4) is 0 Å². The molecule has 0 aromatic carbocycles. The molecule has 3 nitrogen and oxygen atoms in total. The molecule has 2 heterocycles. The molecule has 0 spiro atoms. The summed E-state index contributed by atoms with van der Waals surface area (Å²) in [6.45, 7) is 2.33. The average molecular weight is 233 g/mol. The molecule has 2 aliphatic rings. The quantitative estimate of drug-likeness (QED) is 0.851. The Bertz CT molecular complexity index is 314. The lowest BCUT2D eigenvalue weighted by Crippen LogP contribution is -2.30. The monoisotopic (exact) mass is 233 g/mol. The zero-order chi connectivity index (χ0) is 11.5. The lowest BCUT2D eigenvalue weighted by molar-refractivity contribution is 0.310. The van der Waals surface area contributed by atoms with Crippen molar-refractivity contribution in [3.05, 3.63) is 18.0 Å². The first kappa shape index (κ1) is 11.3. The highest BCUT2D eigenvalue weighted by atomic mass is 15.3. The van der Waals surface area contributed by atoms with Gasteiger partial charge in [0.2, 0.25) is 0 Å². The topological polar surface area (TPSA) is 29.9 Å². The van der Waals surface area contributed by atoms with E-state index in [-0.39, 0.29) is 0 Å². The van der Waals surface area contributed by atoms with E-state index < -0.39 is 0 Å². The van der Waals surface area contributed by atoms with E-state index in [1.807, 2.05) is 6.20 Å². The number of nitrogens with one attached hydrogen (secondary N) is 1. The van der Waals surface area contributed by atoms with Crippen LogP contribution in [0.4, 0.5) is 0 Å². The molecule has 1 atom stereocenters. The Labute approximate surface area is 104 Å². The summed E-state index contributed by atoms with van der Waals surface area (Å²) in [6, 6.07) is 2.92. The van der Waals surface area contributed by atoms with E-state index in [9.17, 15) is 0 Å². The number of piperidine rings is 1. The molecule has 3 heteroatoms. The summed E-state index contributed by atoms with van der Waals surface area (Å²) in [7, 11) is 0. The molecular formula is C14H23N3. The van der Waals surface area contributed by atoms with E-state index in [2.05, 4.69) is 21.2 Å². The largest absolute Gasteiger partial charge is 0.316 e. The third kappa shape index (κ3) is 2.39. The lowest BCUT2D eigenvalue weighted by Gasteiger charge is -2.28. The van der Waals surface area contributed by atoms with Crippen LogP contribution in [0.2, 0.25) is 0 Å². The Morgan fingerprint density at radius 1 is 1.12 bits per heavy atom. The van der Waals surface area contributed by atoms with Gasteiger partial charge in [-0.2, -0.15) is 5.10 Å². The summed E-state index contributed by atoms with van der Waals surface area (Å²) in [5.74, 6) is 0.688. The number of rotatable bonds is 2. The Kier molecular flexibility index (Phi) is 3.46. The molecule has 3 rings (SSSR count). The molecule has 0 unspecified atom stereocenters. The van der Waals surface area contributed by atoms with Crippen LogP contribution < -0.4 is 5.32 Å². The van der Waals surface area contributed by atoms with Crippen LogP contribution in [0.25, 0.3) is 0 Å². The minimum Gasteiger partial charge on any atom is -0.316 e. The second kappa shape index (κ2) is 5.21. The van der Waals surface area contributed by atoms with Gasteiger partial charge >= 0.3 is 0 Å². The van der Waals surface area contributed by atoms with E-state index in [0.717, 1.165) is 6.54 Å². The molecule has 1 saturated heterocycles. The van der Waals surface area contributed by atoms with Gasteiger partial charge < -0.3 is 5.32 Å². The molecule has 0 amide bonds. The second-order valence-corrected chi connectivity index (χ2v) is 5.54. The first-order valence-corrected chi connectivity index (χ1v) is 7.19. The fraction of sp³-hybridized carbons (Fsp3) is 0.786. The fourth-order valence-corrected chi connectivity index (χ4v) is 3.38. The molecule has 2 fully saturated rings. The third-order valence-electron chi connectivity index (χ3n) is 4.34. The Hall–Kier alpha value is -0.830. The van der Waals surface area contributed by atoms with Crippen molar-refractivity contribution >= 4 is 0 Å². The van der Waals surface area contributed by atoms with Gasteiger partial charge in [-0.25, -0.2) is 0 Å². The molecular weight excluding hydrogens is 210 g/mol. The average Bonchev–Trinajstić information content (AvgIpc) is 2.90. The molecule has 1 aliphatic carbocycles. The van der Waals surface area contributed by atoms with E-state index in [1.165, 1.54) is 57.2 Å². The Morgan fingerprint density at radius 3 is 2.76 bits per heavy atom. The summed E-state index contributed by atoms with van der Waals surface area (Å²) in [5, 5.41) is 8.12. The highest BCUT2D eigenvalue weighted by molar-refractivity contribution is 5.11. The van der Waals surface area contributed by atoms with Crippen LogP contribution in [0, 0.1) is 0 Å². The van der Waals surface area contributed by atoms with Crippen LogP contribution in [0.5, 0.6) is 0 Å². The van der Waals surface area contributed by atoms with E-state index in [1.54, 1.807) is 0 Å². The van der Waals surface area contributed by atoms with Gasteiger partial charge in [0.05, 0.1) is 6.04 Å². The minimum atomic E-state index is 0.677. The van der Waals surface area contributed by atoms with E-state index in [0.29, 0.717) is 12.0 Å². The third-order valence-corrected chi connectivity index (χ3v) is 4.34. The summed E-state index contributed by atoms with van der Waals surface area (Å²) < 4.78 is 2.34. The van der Waals surface area contributed by atoms with Crippen LogP contribution >= 0.6 is 0 Å². The van der Waals surface area contributed by atoms with Gasteiger partial charge in [0.1, 0.15) is 0 Å². The predicted molar refractivity (Wildman–Crippen MR) is 69.2 cm³/mol. The molecule has 1 saturated carbocycles. The maximum absolute atomic E-state index is 4.60. The lowest BCUT2D eigenvalue weighted by atomic mass is 9.92. The van der Waals surface area contributed by atoms with E-state index >= 15 is 0 Å². The first-order valence-electron chi connectivity index (χ1n) is 7.19. The summed E-state index contributed by atoms with van der Waals surface area (Å²) >= 11 is 0. The first-order chi connectivity index (χ1) is 8.45. The highest BCUT2D eigenvalue weighted by Gasteiger charge is 2.23. The van der Waals surface area contributed by atoms with Crippen LogP contribution in [-0.2, 0) is 0 Å². The van der Waals surface area contributed by atoms with Gasteiger partial charge in [0.15, 0.2) is 0 Å². The normalized spacial score (nSPS) is 27.2. The SMILES string of the molecule is c1cc([C@@H]2CCCNC2)n(C2CCCCC2)n1. The molecule has 94 valence electrons. The second-order valence-electron chi connectivity index (χ2n) is 5.54. The maximum Gasteiger partial charge on any atom is 0.0522 e. The van der Waals surface area contributed by atoms with Crippen LogP contribution in [0.1, 0.15) is 62.6 Å². The number of aromatic nitrogens is 2. The van der Waals surface area contributed by atoms with Gasteiger partial charge in [0, 0.05) is 24.4 Å². The van der Waals surface area contributed by atoms with Crippen molar-refractivity contribution in [2.75, 3.05) is 13.1 Å². The molecule has 0 bridgehead atoms. The van der Waals surface area contributed by atoms with Gasteiger partial charge in [-0.15, -0.1) is 0 Å². The molecule has 1 aliphatic heterocycles. The van der Waals surface area contributed by atoms with Crippen molar-refractivity contribution in [3.63, 3.8) is 0 Å². The predicted octanol–water partition coefficient (Wildman–Crippen LogP) is 2.86. The number of hydrogen-bond donors (Lipinski definition) is 1. The zero-order valence-corrected chi connectivity index (χ0v) is 10.6. The number of hydrogen-bond acceptors (Lipinski definition) is 2. The summed E-state index contributed by atoms with van der Waals surface area (Å²) in [4.78, 5) is 0. The van der Waals surface area contributed by atoms with Crippen molar-refractivity contribution in [2.24, 2.45) is 0 Å². The molecule has 1 aromatic heterocycles. The Morgan fingerprint density at radius 2 is 2.00 bits per heavy atom. The molecule has 17 heavy (non-hydrogen) atoms. The van der Waals surface area contributed by atoms with Crippen molar-refractivity contribution in [1.82, 2.24) is 15.1 Å². The van der Waals surface area contributed by atoms with Crippen molar-refractivity contribution in [2.45, 2.75) is 56.9 Å². The zero-order valence-electron chi connectivity index (χ0n) is 10.6. The van der Waals surface area contributed by atoms with Gasteiger partial charge in [0.25, 0.3) is 0 Å². The van der Waals surface area contributed by atoms with Crippen molar-refractivity contribution < 1.29 is 0 Å². The van der Waals surface area contributed by atoms with Crippen LogP contribution in [0.15, 0.2) is 12.3 Å². The molecule has 1 aromatic rings. The summed E-state index contributed by atoms with van der Waals surface area (Å²) in [5.41, 5.74) is 1.48. The van der Waals surface area contributed by atoms with E-state index in [4.69, 9.17) is 0 Å². The smallest absolute Gasteiger partial charge is 0.0522 e. The summed E-state index contributed by atoms with van der Waals surface area (Å²) in [6.07, 6.45) is 11.5. The molecule has 0 radical (unpaired) electrons. The van der Waals surface area contributed by atoms with Crippen LogP contribution in [-0.4, -0.2) is 22.9 Å². The van der Waals surface area contributed by atoms with Gasteiger partial charge in [-0.1, -0.05) is 19.3 Å². The Balaban J connectivity index is 1.77. The molecule has 1 N–H and O–H groups in total. The van der Waals surface area contributed by atoms with Crippen molar-refractivity contribution in [1.29, 1.82) is 0 Å².